The van der Waals surface area contributed by atoms with Gasteiger partial charge in [-0.15, -0.1) is 0 Å². The van der Waals surface area contributed by atoms with Crippen LogP contribution in [0.4, 0.5) is 0 Å². The van der Waals surface area contributed by atoms with Gasteiger partial charge in [-0.1, -0.05) is 0 Å². The zero-order valence-corrected chi connectivity index (χ0v) is 10.5. The van der Waals surface area contributed by atoms with E-state index in [0.29, 0.717) is 19.7 Å². The van der Waals surface area contributed by atoms with Crippen molar-refractivity contribution in [3.63, 3.8) is 0 Å². The first-order valence-corrected chi connectivity index (χ1v) is 6.66. The largest absolute Gasteiger partial charge is 0.383 e. The second-order valence-corrected chi connectivity index (χ2v) is 4.21. The molecule has 0 bridgehead atoms. The smallest absolute Gasteiger partial charge is 0.234 e. The number of hydrogen-bond acceptors (Lipinski definition) is 4. The molecule has 0 saturated heterocycles. The summed E-state index contributed by atoms with van der Waals surface area (Å²) >= 11 is 1.86. The molecule has 0 aromatic carbocycles. The lowest BCUT2D eigenvalue weighted by atomic mass is 10.3. The number of rotatable bonds is 10. The molecule has 0 aromatic rings. The molecule has 0 aromatic heterocycles. The standard InChI is InChI=1S/C10H22N2O2S/c1-14-7-6-12-10(13)9-11-5-3-4-8-15-2/h11H,3-9H2,1-2H3,(H,12,13). The van der Waals surface area contributed by atoms with Gasteiger partial charge in [-0.3, -0.25) is 4.79 Å². The molecule has 0 aliphatic carbocycles. The monoisotopic (exact) mass is 234 g/mol. The van der Waals surface area contributed by atoms with Gasteiger partial charge in [0.1, 0.15) is 0 Å². The Morgan fingerprint density at radius 1 is 1.33 bits per heavy atom. The fraction of sp³-hybridized carbons (Fsp3) is 0.900. The van der Waals surface area contributed by atoms with Crippen molar-refractivity contribution in [2.75, 3.05) is 45.4 Å². The van der Waals surface area contributed by atoms with E-state index in [1.165, 1.54) is 12.2 Å². The van der Waals surface area contributed by atoms with Crippen LogP contribution >= 0.6 is 11.8 Å². The summed E-state index contributed by atoms with van der Waals surface area (Å²) in [6, 6.07) is 0. The third kappa shape index (κ3) is 11.7. The molecular weight excluding hydrogens is 212 g/mol. The molecule has 0 saturated carbocycles. The lowest BCUT2D eigenvalue weighted by Crippen LogP contribution is -2.35. The van der Waals surface area contributed by atoms with Crippen LogP contribution in [0.3, 0.4) is 0 Å². The van der Waals surface area contributed by atoms with Crippen LogP contribution < -0.4 is 10.6 Å². The summed E-state index contributed by atoms with van der Waals surface area (Å²) in [4.78, 5) is 11.2. The average molecular weight is 234 g/mol. The summed E-state index contributed by atoms with van der Waals surface area (Å²) in [5, 5.41) is 5.86. The quantitative estimate of drug-likeness (QED) is 0.540. The van der Waals surface area contributed by atoms with E-state index in [1.54, 1.807) is 7.11 Å². The van der Waals surface area contributed by atoms with Gasteiger partial charge in [-0.25, -0.2) is 0 Å². The minimum absolute atomic E-state index is 0.0388. The van der Waals surface area contributed by atoms with Crippen LogP contribution in [0.1, 0.15) is 12.8 Å². The molecule has 1 amide bonds. The fourth-order valence-electron chi connectivity index (χ4n) is 1.05. The lowest BCUT2D eigenvalue weighted by molar-refractivity contribution is -0.120. The van der Waals surface area contributed by atoms with Gasteiger partial charge in [0.25, 0.3) is 0 Å². The van der Waals surface area contributed by atoms with Crippen molar-refractivity contribution >= 4 is 17.7 Å². The van der Waals surface area contributed by atoms with Gasteiger partial charge >= 0.3 is 0 Å². The van der Waals surface area contributed by atoms with E-state index in [0.717, 1.165) is 13.0 Å². The molecule has 15 heavy (non-hydrogen) atoms. The van der Waals surface area contributed by atoms with Crippen molar-refractivity contribution in [3.8, 4) is 0 Å². The second kappa shape index (κ2) is 11.8. The number of amides is 1. The Kier molecular flexibility index (Phi) is 11.6. The topological polar surface area (TPSA) is 50.4 Å². The highest BCUT2D eigenvalue weighted by Crippen LogP contribution is 1.97. The predicted octanol–water partition coefficient (Wildman–Crippen LogP) is 0.482. The number of carbonyl (C=O) groups is 1. The van der Waals surface area contributed by atoms with Crippen LogP contribution in [-0.2, 0) is 9.53 Å². The molecule has 90 valence electrons. The highest BCUT2D eigenvalue weighted by Gasteiger charge is 1.98. The molecule has 0 rings (SSSR count). The van der Waals surface area contributed by atoms with Gasteiger partial charge in [0.15, 0.2) is 0 Å². The maximum absolute atomic E-state index is 11.2. The van der Waals surface area contributed by atoms with Crippen molar-refractivity contribution in [3.05, 3.63) is 0 Å². The van der Waals surface area contributed by atoms with E-state index in [-0.39, 0.29) is 5.91 Å². The van der Waals surface area contributed by atoms with Crippen LogP contribution in [0.25, 0.3) is 0 Å². The highest BCUT2D eigenvalue weighted by atomic mass is 32.2. The molecule has 0 heterocycles. The highest BCUT2D eigenvalue weighted by molar-refractivity contribution is 7.98. The minimum atomic E-state index is 0.0388. The third-order valence-electron chi connectivity index (χ3n) is 1.87. The SMILES string of the molecule is COCCNC(=O)CNCCCCSC. The average Bonchev–Trinajstić information content (AvgIpc) is 2.23. The lowest BCUT2D eigenvalue weighted by Gasteiger charge is -2.05. The normalized spacial score (nSPS) is 10.3. The van der Waals surface area contributed by atoms with Crippen molar-refractivity contribution in [2.45, 2.75) is 12.8 Å². The van der Waals surface area contributed by atoms with E-state index >= 15 is 0 Å². The van der Waals surface area contributed by atoms with Crippen molar-refractivity contribution < 1.29 is 9.53 Å². The summed E-state index contributed by atoms with van der Waals surface area (Å²) in [6.45, 7) is 2.48. The molecule has 0 spiro atoms. The number of hydrogen-bond donors (Lipinski definition) is 2. The van der Waals surface area contributed by atoms with E-state index < -0.39 is 0 Å². The maximum atomic E-state index is 11.2. The van der Waals surface area contributed by atoms with Gasteiger partial charge in [-0.05, 0) is 31.4 Å². The first kappa shape index (κ1) is 14.7. The van der Waals surface area contributed by atoms with Crippen molar-refractivity contribution in [1.29, 1.82) is 0 Å². The summed E-state index contributed by atoms with van der Waals surface area (Å²) in [5.74, 6) is 1.23. The number of ether oxygens (including phenoxy) is 1. The summed E-state index contributed by atoms with van der Waals surface area (Å²) in [7, 11) is 1.62. The van der Waals surface area contributed by atoms with Crippen molar-refractivity contribution in [1.82, 2.24) is 10.6 Å². The molecule has 0 aliphatic heterocycles. The minimum Gasteiger partial charge on any atom is -0.383 e. The van der Waals surface area contributed by atoms with Crippen LogP contribution in [-0.4, -0.2) is 51.3 Å². The Hall–Kier alpha value is -0.260. The predicted molar refractivity (Wildman–Crippen MR) is 65.4 cm³/mol. The molecule has 0 atom stereocenters. The summed E-state index contributed by atoms with van der Waals surface area (Å²) < 4.78 is 4.82. The van der Waals surface area contributed by atoms with E-state index in [4.69, 9.17) is 4.74 Å². The van der Waals surface area contributed by atoms with E-state index in [9.17, 15) is 4.79 Å². The molecule has 0 aliphatic rings. The molecule has 4 nitrogen and oxygen atoms in total. The van der Waals surface area contributed by atoms with Gasteiger partial charge < -0.3 is 15.4 Å². The van der Waals surface area contributed by atoms with Gasteiger partial charge in [-0.2, -0.15) is 11.8 Å². The van der Waals surface area contributed by atoms with Gasteiger partial charge in [0.2, 0.25) is 5.91 Å². The van der Waals surface area contributed by atoms with E-state index in [2.05, 4.69) is 16.9 Å². The molecule has 0 unspecified atom stereocenters. The van der Waals surface area contributed by atoms with Gasteiger partial charge in [0, 0.05) is 13.7 Å². The Labute approximate surface area is 96.5 Å². The maximum Gasteiger partial charge on any atom is 0.234 e. The molecule has 2 N–H and O–H groups in total. The number of unbranched alkanes of at least 4 members (excludes halogenated alkanes) is 1. The zero-order valence-electron chi connectivity index (χ0n) is 9.67. The van der Waals surface area contributed by atoms with E-state index in [1.807, 2.05) is 11.8 Å². The first-order chi connectivity index (χ1) is 7.31. The Balaban J connectivity index is 3.10. The summed E-state index contributed by atoms with van der Waals surface area (Å²) in [5.41, 5.74) is 0. The third-order valence-corrected chi connectivity index (χ3v) is 2.56. The molecule has 0 radical (unpaired) electrons. The zero-order chi connectivity index (χ0) is 11.4. The molecular formula is C10H22N2O2S. The van der Waals surface area contributed by atoms with Crippen LogP contribution in [0, 0.1) is 0 Å². The number of carbonyl (C=O) groups excluding carboxylic acids is 1. The molecule has 5 heteroatoms. The number of methoxy groups -OCH3 is 1. The second-order valence-electron chi connectivity index (χ2n) is 3.22. The van der Waals surface area contributed by atoms with Crippen LogP contribution in [0.5, 0.6) is 0 Å². The van der Waals surface area contributed by atoms with Crippen LogP contribution in [0.15, 0.2) is 0 Å². The molecule has 0 fully saturated rings. The number of thioether (sulfide) groups is 1. The number of nitrogens with one attached hydrogen (secondary N) is 2. The van der Waals surface area contributed by atoms with Crippen molar-refractivity contribution in [2.24, 2.45) is 0 Å². The Morgan fingerprint density at radius 3 is 2.80 bits per heavy atom. The van der Waals surface area contributed by atoms with Gasteiger partial charge in [0.05, 0.1) is 13.2 Å². The first-order valence-electron chi connectivity index (χ1n) is 5.26. The van der Waals surface area contributed by atoms with Crippen LogP contribution in [0.2, 0.25) is 0 Å². The fourth-order valence-corrected chi connectivity index (χ4v) is 1.55. The Morgan fingerprint density at radius 2 is 2.13 bits per heavy atom. The summed E-state index contributed by atoms with van der Waals surface area (Å²) in [6.07, 6.45) is 4.45. The Bertz CT molecular complexity index is 156.